The molecule has 0 saturated heterocycles. The van der Waals surface area contributed by atoms with Gasteiger partial charge in [-0.05, 0) is 90.2 Å². The van der Waals surface area contributed by atoms with Crippen LogP contribution in [0.1, 0.15) is 81.9 Å². The van der Waals surface area contributed by atoms with Gasteiger partial charge < -0.3 is 19.9 Å². The highest BCUT2D eigenvalue weighted by atomic mass is 16.6. The SMILES string of the molecule is Cc1cc(N2CCc3c(c(C)nn3CC34CCCC(C3)C(NC(=O)OC(C)(C)C)CC4)C2)c2cc[nH]c2n1. The molecule has 3 atom stereocenters. The summed E-state index contributed by atoms with van der Waals surface area (Å²) < 4.78 is 7.91. The molecule has 2 fully saturated rings. The van der Waals surface area contributed by atoms with Gasteiger partial charge in [0.2, 0.25) is 0 Å². The van der Waals surface area contributed by atoms with Crippen molar-refractivity contribution in [1.82, 2.24) is 25.1 Å². The van der Waals surface area contributed by atoms with Gasteiger partial charge in [0.1, 0.15) is 11.2 Å². The third kappa shape index (κ3) is 4.78. The third-order valence-corrected chi connectivity index (χ3v) is 9.03. The van der Waals surface area contributed by atoms with Crippen molar-refractivity contribution in [3.05, 3.63) is 41.0 Å². The molecule has 38 heavy (non-hydrogen) atoms. The van der Waals surface area contributed by atoms with Gasteiger partial charge in [-0.15, -0.1) is 0 Å². The number of amides is 1. The molecule has 1 amide bonds. The standard InChI is InChI=1S/C30H42N6O2/c1-19-15-26(22-9-13-31-27(22)32-19)35-14-10-25-23(17-35)20(2)34-36(25)18-30-11-6-7-21(16-30)24(8-12-30)33-28(37)38-29(3,4)5/h9,13,15,21,24H,6-8,10-12,14,16-18H2,1-5H3,(H,31,32)(H,33,37). The van der Waals surface area contributed by atoms with Crippen molar-refractivity contribution in [3.8, 4) is 0 Å². The maximum atomic E-state index is 12.5. The molecule has 0 spiro atoms. The summed E-state index contributed by atoms with van der Waals surface area (Å²) in [4.78, 5) is 22.9. The third-order valence-electron chi connectivity index (χ3n) is 9.03. The van der Waals surface area contributed by atoms with Crippen molar-refractivity contribution < 1.29 is 9.53 Å². The van der Waals surface area contributed by atoms with Crippen molar-refractivity contribution in [1.29, 1.82) is 0 Å². The van der Waals surface area contributed by atoms with Crippen molar-refractivity contribution in [2.24, 2.45) is 11.3 Å². The van der Waals surface area contributed by atoms with Crippen LogP contribution in [-0.4, -0.2) is 44.0 Å². The van der Waals surface area contributed by atoms with Crippen LogP contribution in [0.3, 0.4) is 0 Å². The number of anilines is 1. The number of alkyl carbamates (subject to hydrolysis) is 1. The molecule has 3 aromatic heterocycles. The summed E-state index contributed by atoms with van der Waals surface area (Å²) in [7, 11) is 0. The minimum Gasteiger partial charge on any atom is -0.444 e. The van der Waals surface area contributed by atoms with Crippen LogP contribution in [-0.2, 0) is 24.2 Å². The number of nitrogens with zero attached hydrogens (tertiary/aromatic N) is 4. The molecule has 2 bridgehead atoms. The Hall–Kier alpha value is -3.03. The maximum Gasteiger partial charge on any atom is 0.407 e. The van der Waals surface area contributed by atoms with E-state index in [-0.39, 0.29) is 17.6 Å². The second-order valence-corrected chi connectivity index (χ2v) is 13.0. The fourth-order valence-electron chi connectivity index (χ4n) is 7.36. The van der Waals surface area contributed by atoms with E-state index in [0.717, 1.165) is 62.4 Å². The average Bonchev–Trinajstić information content (AvgIpc) is 3.43. The number of rotatable bonds is 4. The van der Waals surface area contributed by atoms with Crippen LogP contribution in [0.5, 0.6) is 0 Å². The normalized spacial score (nSPS) is 25.3. The molecule has 3 unspecified atom stereocenters. The molecule has 2 N–H and O–H groups in total. The van der Waals surface area contributed by atoms with Crippen LogP contribution < -0.4 is 10.2 Å². The molecule has 8 nitrogen and oxygen atoms in total. The zero-order valence-corrected chi connectivity index (χ0v) is 23.6. The summed E-state index contributed by atoms with van der Waals surface area (Å²) in [6.07, 6.45) is 9.69. The molecule has 2 aliphatic carbocycles. The molecule has 8 heteroatoms. The van der Waals surface area contributed by atoms with Gasteiger partial charge in [-0.1, -0.05) is 6.42 Å². The van der Waals surface area contributed by atoms with Crippen LogP contribution in [0.2, 0.25) is 0 Å². The summed E-state index contributed by atoms with van der Waals surface area (Å²) in [5.74, 6) is 0.520. The largest absolute Gasteiger partial charge is 0.444 e. The Balaban J connectivity index is 1.18. The van der Waals surface area contributed by atoms with Crippen molar-refractivity contribution in [2.45, 2.75) is 104 Å². The molecular formula is C30H42N6O2. The number of pyridine rings is 1. The van der Waals surface area contributed by atoms with Gasteiger partial charge in [0.05, 0.1) is 5.69 Å². The van der Waals surface area contributed by atoms with E-state index >= 15 is 0 Å². The van der Waals surface area contributed by atoms with Crippen LogP contribution in [0.15, 0.2) is 18.3 Å². The molecule has 3 aliphatic rings. The van der Waals surface area contributed by atoms with Crippen molar-refractivity contribution in [3.63, 3.8) is 0 Å². The smallest absolute Gasteiger partial charge is 0.407 e. The Bertz CT molecular complexity index is 1350. The van der Waals surface area contributed by atoms with Gasteiger partial charge in [-0.2, -0.15) is 5.10 Å². The number of aromatic amines is 1. The number of aromatic nitrogens is 4. The van der Waals surface area contributed by atoms with Gasteiger partial charge in [-0.25, -0.2) is 9.78 Å². The summed E-state index contributed by atoms with van der Waals surface area (Å²) >= 11 is 0. The van der Waals surface area contributed by atoms with E-state index in [1.807, 2.05) is 27.0 Å². The molecular weight excluding hydrogens is 476 g/mol. The van der Waals surface area contributed by atoms with E-state index in [1.54, 1.807) is 0 Å². The van der Waals surface area contributed by atoms with Crippen LogP contribution in [0, 0.1) is 25.2 Å². The first-order chi connectivity index (χ1) is 18.1. The number of H-pyrrole nitrogens is 1. The Kier molecular flexibility index (Phi) is 6.19. The fourth-order valence-corrected chi connectivity index (χ4v) is 7.36. The number of aryl methyl sites for hydroxylation is 2. The van der Waals surface area contributed by atoms with Crippen LogP contribution in [0.25, 0.3) is 11.0 Å². The number of hydrogen-bond acceptors (Lipinski definition) is 5. The van der Waals surface area contributed by atoms with Crippen LogP contribution >= 0.6 is 0 Å². The van der Waals surface area contributed by atoms with E-state index in [0.29, 0.717) is 5.92 Å². The number of hydrogen-bond donors (Lipinski definition) is 2. The average molecular weight is 519 g/mol. The first-order valence-electron chi connectivity index (χ1n) is 14.3. The maximum absolute atomic E-state index is 12.5. The molecule has 2 saturated carbocycles. The van der Waals surface area contributed by atoms with Crippen molar-refractivity contribution in [2.75, 3.05) is 11.4 Å². The Labute approximate surface area is 225 Å². The van der Waals surface area contributed by atoms with Gasteiger partial charge >= 0.3 is 6.09 Å². The second kappa shape index (κ2) is 9.31. The second-order valence-electron chi connectivity index (χ2n) is 13.0. The van der Waals surface area contributed by atoms with Gasteiger partial charge in [0.25, 0.3) is 0 Å². The Morgan fingerprint density at radius 1 is 1.26 bits per heavy atom. The molecule has 0 radical (unpaired) electrons. The van der Waals surface area contributed by atoms with E-state index < -0.39 is 5.60 Å². The lowest BCUT2D eigenvalue weighted by Gasteiger charge is -2.49. The molecule has 0 aromatic carbocycles. The lowest BCUT2D eigenvalue weighted by atomic mass is 9.60. The summed E-state index contributed by atoms with van der Waals surface area (Å²) in [6, 6.07) is 4.57. The van der Waals surface area contributed by atoms with E-state index in [4.69, 9.17) is 9.84 Å². The quantitative estimate of drug-likeness (QED) is 0.456. The molecule has 3 aromatic rings. The van der Waals surface area contributed by atoms with Gasteiger partial charge in [0.15, 0.2) is 0 Å². The highest BCUT2D eigenvalue weighted by Gasteiger charge is 2.45. The van der Waals surface area contributed by atoms with E-state index in [2.05, 4.69) is 50.8 Å². The van der Waals surface area contributed by atoms with Gasteiger partial charge in [-0.3, -0.25) is 4.68 Å². The number of ether oxygens (including phenoxy) is 1. The first kappa shape index (κ1) is 25.3. The topological polar surface area (TPSA) is 88.1 Å². The van der Waals surface area contributed by atoms with Crippen molar-refractivity contribution >= 4 is 22.8 Å². The minimum absolute atomic E-state index is 0.217. The fraction of sp³-hybridized carbons (Fsp3) is 0.633. The highest BCUT2D eigenvalue weighted by Crippen LogP contribution is 2.50. The Morgan fingerprint density at radius 2 is 2.11 bits per heavy atom. The summed E-state index contributed by atoms with van der Waals surface area (Å²) in [5, 5.41) is 9.51. The molecule has 1 aliphatic heterocycles. The highest BCUT2D eigenvalue weighted by molar-refractivity contribution is 5.90. The predicted octanol–water partition coefficient (Wildman–Crippen LogP) is 5.80. The van der Waals surface area contributed by atoms with Crippen LogP contribution in [0.4, 0.5) is 10.5 Å². The zero-order chi connectivity index (χ0) is 26.7. The number of nitrogens with one attached hydrogen (secondary N) is 2. The van der Waals surface area contributed by atoms with Gasteiger partial charge in [0, 0.05) is 66.3 Å². The molecule has 204 valence electrons. The lowest BCUT2D eigenvalue weighted by molar-refractivity contribution is 0.0176. The summed E-state index contributed by atoms with van der Waals surface area (Å²) in [5.41, 5.74) is 7.03. The van der Waals surface area contributed by atoms with E-state index in [9.17, 15) is 4.79 Å². The Morgan fingerprint density at radius 3 is 2.92 bits per heavy atom. The molecule has 4 heterocycles. The minimum atomic E-state index is -0.467. The number of carbonyl (C=O) groups excluding carboxylic acids is 1. The monoisotopic (exact) mass is 518 g/mol. The lowest BCUT2D eigenvalue weighted by Crippen LogP contribution is -2.50. The number of carbonyl (C=O) groups is 1. The first-order valence-corrected chi connectivity index (χ1v) is 14.3. The number of fused-ring (bicyclic) bond motifs is 4. The van der Waals surface area contributed by atoms with E-state index in [1.165, 1.54) is 41.6 Å². The summed E-state index contributed by atoms with van der Waals surface area (Å²) in [6.45, 7) is 12.9. The zero-order valence-electron chi connectivity index (χ0n) is 23.6. The predicted molar refractivity (Wildman–Crippen MR) is 149 cm³/mol. The molecule has 6 rings (SSSR count).